The van der Waals surface area contributed by atoms with Gasteiger partial charge in [0.05, 0.1) is 6.54 Å². The lowest BCUT2D eigenvalue weighted by Gasteiger charge is -2.34. The van der Waals surface area contributed by atoms with Gasteiger partial charge in [-0.25, -0.2) is 0 Å². The van der Waals surface area contributed by atoms with E-state index in [0.29, 0.717) is 31.0 Å². The monoisotopic (exact) mass is 406 g/mol. The number of nitrogens with zero attached hydrogens (tertiary/aromatic N) is 3. The molecule has 0 radical (unpaired) electrons. The van der Waals surface area contributed by atoms with Crippen LogP contribution in [0.4, 0.5) is 0 Å². The first-order chi connectivity index (χ1) is 13.5. The van der Waals surface area contributed by atoms with Crippen LogP contribution in [0, 0.1) is 5.92 Å². The van der Waals surface area contributed by atoms with E-state index < -0.39 is 5.91 Å². The molecule has 7 nitrogen and oxygen atoms in total. The van der Waals surface area contributed by atoms with Gasteiger partial charge in [-0.05, 0) is 37.8 Å². The van der Waals surface area contributed by atoms with E-state index in [2.05, 4.69) is 10.3 Å². The average molecular weight is 407 g/mol. The van der Waals surface area contributed by atoms with E-state index in [1.54, 1.807) is 11.0 Å². The Labute approximate surface area is 170 Å². The molecule has 152 valence electrons. The highest BCUT2D eigenvalue weighted by atomic mass is 35.5. The summed E-state index contributed by atoms with van der Waals surface area (Å²) in [6.07, 6.45) is 7.40. The summed E-state index contributed by atoms with van der Waals surface area (Å²) in [5.74, 6) is -0.320. The Morgan fingerprint density at radius 3 is 2.36 bits per heavy atom. The third kappa shape index (κ3) is 5.44. The quantitative estimate of drug-likeness (QED) is 0.830. The van der Waals surface area contributed by atoms with Gasteiger partial charge in [-0.15, -0.1) is 0 Å². The van der Waals surface area contributed by atoms with Crippen LogP contribution in [-0.4, -0.2) is 65.2 Å². The van der Waals surface area contributed by atoms with Crippen molar-refractivity contribution in [2.45, 2.75) is 38.5 Å². The molecule has 2 aliphatic heterocycles. The molecule has 3 rings (SSSR count). The molecule has 1 aromatic heterocycles. The lowest BCUT2D eigenvalue weighted by molar-refractivity contribution is -0.140. The molecule has 2 saturated heterocycles. The van der Waals surface area contributed by atoms with Crippen LogP contribution >= 0.6 is 11.6 Å². The molecule has 1 aromatic rings. The number of hydrogen-bond acceptors (Lipinski definition) is 4. The Bertz CT molecular complexity index is 711. The van der Waals surface area contributed by atoms with E-state index in [0.717, 1.165) is 25.9 Å². The SMILES string of the molecule is O=C(NCC(=O)N1CCC(C(=O)N2CCCCCC2)CC1)c1cc(Cl)ccn1. The van der Waals surface area contributed by atoms with Crippen molar-refractivity contribution in [2.24, 2.45) is 5.92 Å². The van der Waals surface area contributed by atoms with Crippen molar-refractivity contribution in [2.75, 3.05) is 32.7 Å². The maximum absolute atomic E-state index is 12.7. The lowest BCUT2D eigenvalue weighted by Crippen LogP contribution is -2.47. The van der Waals surface area contributed by atoms with Crippen molar-refractivity contribution in [1.29, 1.82) is 0 Å². The van der Waals surface area contributed by atoms with E-state index in [1.807, 2.05) is 4.90 Å². The minimum Gasteiger partial charge on any atom is -0.342 e. The normalized spacial score (nSPS) is 18.5. The van der Waals surface area contributed by atoms with Gasteiger partial charge in [0.25, 0.3) is 5.91 Å². The maximum atomic E-state index is 12.7. The van der Waals surface area contributed by atoms with Crippen LogP contribution in [0.25, 0.3) is 0 Å². The molecule has 0 bridgehead atoms. The van der Waals surface area contributed by atoms with Gasteiger partial charge in [0.1, 0.15) is 5.69 Å². The number of nitrogens with one attached hydrogen (secondary N) is 1. The first kappa shape index (κ1) is 20.6. The van der Waals surface area contributed by atoms with Gasteiger partial charge in [0.2, 0.25) is 11.8 Å². The molecular weight excluding hydrogens is 380 g/mol. The topological polar surface area (TPSA) is 82.6 Å². The highest BCUT2D eigenvalue weighted by Crippen LogP contribution is 2.21. The number of aromatic nitrogens is 1. The summed E-state index contributed by atoms with van der Waals surface area (Å²) in [5.41, 5.74) is 0.182. The minimum absolute atomic E-state index is 0.00685. The van der Waals surface area contributed by atoms with Crippen LogP contribution < -0.4 is 5.32 Å². The zero-order valence-electron chi connectivity index (χ0n) is 16.0. The lowest BCUT2D eigenvalue weighted by atomic mass is 9.95. The van der Waals surface area contributed by atoms with Crippen LogP contribution in [-0.2, 0) is 9.59 Å². The second-order valence-electron chi connectivity index (χ2n) is 7.44. The van der Waals surface area contributed by atoms with E-state index in [1.165, 1.54) is 25.1 Å². The van der Waals surface area contributed by atoms with Gasteiger partial charge in [0, 0.05) is 43.3 Å². The molecule has 8 heteroatoms. The predicted molar refractivity (Wildman–Crippen MR) is 106 cm³/mol. The highest BCUT2D eigenvalue weighted by molar-refractivity contribution is 6.30. The summed E-state index contributed by atoms with van der Waals surface area (Å²) in [6, 6.07) is 3.04. The van der Waals surface area contributed by atoms with Crippen LogP contribution in [0.5, 0.6) is 0 Å². The average Bonchev–Trinajstić information content (AvgIpc) is 3.01. The number of carbonyl (C=O) groups is 3. The van der Waals surface area contributed by atoms with Gasteiger partial charge in [0.15, 0.2) is 0 Å². The largest absolute Gasteiger partial charge is 0.342 e. The molecule has 0 saturated carbocycles. The van der Waals surface area contributed by atoms with Crippen LogP contribution in [0.1, 0.15) is 49.0 Å². The molecule has 1 N–H and O–H groups in total. The first-order valence-electron chi connectivity index (χ1n) is 10.0. The number of likely N-dealkylation sites (tertiary alicyclic amines) is 2. The van der Waals surface area contributed by atoms with Crippen molar-refractivity contribution in [3.63, 3.8) is 0 Å². The summed E-state index contributed by atoms with van der Waals surface area (Å²) >= 11 is 5.85. The molecule has 3 amide bonds. The number of pyridine rings is 1. The van der Waals surface area contributed by atoms with Gasteiger partial charge >= 0.3 is 0 Å². The molecule has 2 aliphatic rings. The summed E-state index contributed by atoms with van der Waals surface area (Å²) < 4.78 is 0. The smallest absolute Gasteiger partial charge is 0.270 e. The molecule has 3 heterocycles. The highest BCUT2D eigenvalue weighted by Gasteiger charge is 2.30. The van der Waals surface area contributed by atoms with Gasteiger partial charge in [-0.1, -0.05) is 24.4 Å². The van der Waals surface area contributed by atoms with E-state index in [9.17, 15) is 14.4 Å². The minimum atomic E-state index is -0.429. The van der Waals surface area contributed by atoms with Crippen LogP contribution in [0.3, 0.4) is 0 Å². The zero-order valence-corrected chi connectivity index (χ0v) is 16.8. The predicted octanol–water partition coefficient (Wildman–Crippen LogP) is 2.11. The fourth-order valence-electron chi connectivity index (χ4n) is 3.81. The molecule has 0 aromatic carbocycles. The van der Waals surface area contributed by atoms with Crippen molar-refractivity contribution >= 4 is 29.3 Å². The summed E-state index contributed by atoms with van der Waals surface area (Å²) in [6.45, 7) is 2.74. The maximum Gasteiger partial charge on any atom is 0.270 e. The van der Waals surface area contributed by atoms with Crippen molar-refractivity contribution < 1.29 is 14.4 Å². The third-order valence-electron chi connectivity index (χ3n) is 5.47. The van der Waals surface area contributed by atoms with Crippen molar-refractivity contribution in [3.05, 3.63) is 29.0 Å². The molecule has 0 spiro atoms. The summed E-state index contributed by atoms with van der Waals surface area (Å²) in [5, 5.41) is 3.01. The standard InChI is InChI=1S/C20H27ClN4O3/c21-16-5-8-22-17(13-16)19(27)23-14-18(26)24-11-6-15(7-12-24)20(28)25-9-3-1-2-4-10-25/h5,8,13,15H,1-4,6-7,9-12,14H2,(H,23,27). The van der Waals surface area contributed by atoms with Gasteiger partial charge < -0.3 is 15.1 Å². The summed E-state index contributed by atoms with van der Waals surface area (Å²) in [7, 11) is 0. The molecule has 28 heavy (non-hydrogen) atoms. The number of piperidine rings is 1. The van der Waals surface area contributed by atoms with E-state index >= 15 is 0 Å². The number of rotatable bonds is 4. The Kier molecular flexibility index (Phi) is 7.25. The number of hydrogen-bond donors (Lipinski definition) is 1. The Morgan fingerprint density at radius 1 is 1.04 bits per heavy atom. The fourth-order valence-corrected chi connectivity index (χ4v) is 3.97. The van der Waals surface area contributed by atoms with Crippen molar-refractivity contribution in [1.82, 2.24) is 20.1 Å². The Hall–Kier alpha value is -2.15. The second-order valence-corrected chi connectivity index (χ2v) is 7.87. The number of halogens is 1. The molecule has 0 aliphatic carbocycles. The molecule has 0 atom stereocenters. The fraction of sp³-hybridized carbons (Fsp3) is 0.600. The Balaban J connectivity index is 1.43. The van der Waals surface area contributed by atoms with E-state index in [4.69, 9.17) is 11.6 Å². The van der Waals surface area contributed by atoms with Gasteiger partial charge in [-0.3, -0.25) is 19.4 Å². The van der Waals surface area contributed by atoms with Crippen molar-refractivity contribution in [3.8, 4) is 0 Å². The molecular formula is C20H27ClN4O3. The van der Waals surface area contributed by atoms with E-state index in [-0.39, 0.29) is 30.0 Å². The number of amides is 3. The van der Waals surface area contributed by atoms with Crippen LogP contribution in [0.2, 0.25) is 5.02 Å². The number of carbonyl (C=O) groups excluding carboxylic acids is 3. The molecule has 2 fully saturated rings. The van der Waals surface area contributed by atoms with Crippen LogP contribution in [0.15, 0.2) is 18.3 Å². The zero-order chi connectivity index (χ0) is 19.9. The van der Waals surface area contributed by atoms with Gasteiger partial charge in [-0.2, -0.15) is 0 Å². The summed E-state index contributed by atoms with van der Waals surface area (Å²) in [4.78, 5) is 44.9. The molecule has 0 unspecified atom stereocenters. The second kappa shape index (κ2) is 9.87. The first-order valence-corrected chi connectivity index (χ1v) is 10.4. The Morgan fingerprint density at radius 2 is 1.71 bits per heavy atom. The third-order valence-corrected chi connectivity index (χ3v) is 5.70.